The Morgan fingerprint density at radius 1 is 1.04 bits per heavy atom. The summed E-state index contributed by atoms with van der Waals surface area (Å²) in [6.45, 7) is 0.322. The first-order valence-corrected chi connectivity index (χ1v) is 8.20. The van der Waals surface area contributed by atoms with E-state index in [1.807, 2.05) is 42.5 Å². The van der Waals surface area contributed by atoms with Crippen molar-refractivity contribution in [3.8, 4) is 11.4 Å². The molecule has 0 aliphatic rings. The maximum Gasteiger partial charge on any atom is 0.247 e. The van der Waals surface area contributed by atoms with Crippen molar-refractivity contribution in [2.75, 3.05) is 11.9 Å². The van der Waals surface area contributed by atoms with Crippen LogP contribution in [0.15, 0.2) is 60.9 Å². The van der Waals surface area contributed by atoms with E-state index >= 15 is 0 Å². The van der Waals surface area contributed by atoms with Crippen molar-refractivity contribution in [1.82, 2.24) is 24.6 Å². The molecule has 0 aliphatic heterocycles. The van der Waals surface area contributed by atoms with Crippen molar-refractivity contribution >= 4 is 17.3 Å². The number of rotatable bonds is 5. The minimum absolute atomic E-state index is 0.319. The highest BCUT2D eigenvalue weighted by Gasteiger charge is 2.13. The predicted molar refractivity (Wildman–Crippen MR) is 99.7 cm³/mol. The van der Waals surface area contributed by atoms with Crippen molar-refractivity contribution in [3.05, 3.63) is 66.6 Å². The van der Waals surface area contributed by atoms with Crippen LogP contribution in [0.3, 0.4) is 0 Å². The standard InChI is InChI=1S/C18H18N8/c19-11-14(20)15-10-12(6-8-21-15)17-22-9-7-16-24-18(25-26(16)17)23-13-4-2-1-3-5-13/h1-10,14H,11,19-20H2,(H,23,25). The summed E-state index contributed by atoms with van der Waals surface area (Å²) in [4.78, 5) is 13.3. The topological polar surface area (TPSA) is 120 Å². The molecule has 8 nitrogen and oxygen atoms in total. The lowest BCUT2D eigenvalue weighted by atomic mass is 10.1. The molecule has 0 aliphatic carbocycles. The number of aromatic nitrogens is 5. The SMILES string of the molecule is NCC(N)c1cc(-c2nccc3nc(Nc4ccccc4)nn23)ccn1. The van der Waals surface area contributed by atoms with Gasteiger partial charge in [0.2, 0.25) is 5.95 Å². The molecule has 5 N–H and O–H groups in total. The minimum atomic E-state index is -0.319. The molecule has 0 fully saturated rings. The lowest BCUT2D eigenvalue weighted by molar-refractivity contribution is 0.711. The van der Waals surface area contributed by atoms with Crippen molar-refractivity contribution in [1.29, 1.82) is 0 Å². The Hall–Kier alpha value is -3.36. The quantitative estimate of drug-likeness (QED) is 0.504. The van der Waals surface area contributed by atoms with Crippen LogP contribution in [-0.2, 0) is 0 Å². The van der Waals surface area contributed by atoms with Crippen LogP contribution in [0, 0.1) is 0 Å². The molecule has 4 rings (SSSR count). The monoisotopic (exact) mass is 346 g/mol. The molecule has 0 spiro atoms. The third kappa shape index (κ3) is 3.10. The largest absolute Gasteiger partial charge is 0.329 e. The number of hydrogen-bond acceptors (Lipinski definition) is 7. The van der Waals surface area contributed by atoms with E-state index in [0.717, 1.165) is 11.3 Å². The normalized spacial score (nSPS) is 12.2. The molecular weight excluding hydrogens is 328 g/mol. The van der Waals surface area contributed by atoms with E-state index in [1.165, 1.54) is 0 Å². The molecule has 1 aromatic carbocycles. The second-order valence-corrected chi connectivity index (χ2v) is 5.78. The number of benzene rings is 1. The van der Waals surface area contributed by atoms with Gasteiger partial charge in [-0.2, -0.15) is 9.50 Å². The van der Waals surface area contributed by atoms with Crippen LogP contribution in [0.4, 0.5) is 11.6 Å². The molecule has 1 atom stereocenters. The molecule has 130 valence electrons. The number of nitrogens with two attached hydrogens (primary N) is 2. The number of nitrogens with one attached hydrogen (secondary N) is 1. The Kier molecular flexibility index (Phi) is 4.26. The number of para-hydroxylation sites is 1. The fourth-order valence-corrected chi connectivity index (χ4v) is 2.63. The van der Waals surface area contributed by atoms with E-state index in [1.54, 1.807) is 23.0 Å². The van der Waals surface area contributed by atoms with E-state index in [-0.39, 0.29) is 6.04 Å². The first-order valence-electron chi connectivity index (χ1n) is 8.20. The van der Waals surface area contributed by atoms with Crippen molar-refractivity contribution in [3.63, 3.8) is 0 Å². The van der Waals surface area contributed by atoms with Gasteiger partial charge in [-0.3, -0.25) is 4.98 Å². The van der Waals surface area contributed by atoms with Crippen LogP contribution in [0.5, 0.6) is 0 Å². The third-order valence-corrected chi connectivity index (χ3v) is 3.96. The van der Waals surface area contributed by atoms with Crippen LogP contribution < -0.4 is 16.8 Å². The first kappa shape index (κ1) is 16.1. The summed E-state index contributed by atoms with van der Waals surface area (Å²) in [6.07, 6.45) is 3.40. The lowest BCUT2D eigenvalue weighted by Crippen LogP contribution is -2.21. The van der Waals surface area contributed by atoms with E-state index in [0.29, 0.717) is 29.7 Å². The highest BCUT2D eigenvalue weighted by atomic mass is 15.4. The molecule has 4 aromatic rings. The van der Waals surface area contributed by atoms with Crippen molar-refractivity contribution < 1.29 is 0 Å². The minimum Gasteiger partial charge on any atom is -0.329 e. The van der Waals surface area contributed by atoms with Gasteiger partial charge >= 0.3 is 0 Å². The smallest absolute Gasteiger partial charge is 0.247 e. The van der Waals surface area contributed by atoms with Gasteiger partial charge in [0, 0.05) is 36.3 Å². The molecule has 0 bridgehead atoms. The van der Waals surface area contributed by atoms with Crippen molar-refractivity contribution in [2.45, 2.75) is 6.04 Å². The fraction of sp³-hybridized carbons (Fsp3) is 0.111. The zero-order valence-corrected chi connectivity index (χ0v) is 13.9. The zero-order valence-electron chi connectivity index (χ0n) is 13.9. The molecular formula is C18H18N8. The fourth-order valence-electron chi connectivity index (χ4n) is 2.63. The Balaban J connectivity index is 1.74. The van der Waals surface area contributed by atoms with Gasteiger partial charge < -0.3 is 16.8 Å². The van der Waals surface area contributed by atoms with Crippen LogP contribution >= 0.6 is 0 Å². The maximum atomic E-state index is 5.99. The molecule has 8 heteroatoms. The zero-order chi connectivity index (χ0) is 17.9. The summed E-state index contributed by atoms with van der Waals surface area (Å²) in [7, 11) is 0. The van der Waals surface area contributed by atoms with E-state index in [9.17, 15) is 0 Å². The summed E-state index contributed by atoms with van der Waals surface area (Å²) in [5, 5.41) is 7.73. The van der Waals surface area contributed by atoms with Gasteiger partial charge in [0.25, 0.3) is 0 Å². The number of nitrogens with zero attached hydrogens (tertiary/aromatic N) is 5. The van der Waals surface area contributed by atoms with Crippen LogP contribution in [0.25, 0.3) is 17.0 Å². The van der Waals surface area contributed by atoms with Gasteiger partial charge in [-0.05, 0) is 24.3 Å². The average Bonchev–Trinajstić information content (AvgIpc) is 3.10. The van der Waals surface area contributed by atoms with Crippen molar-refractivity contribution in [2.24, 2.45) is 11.5 Å². The Bertz CT molecular complexity index is 1030. The number of anilines is 2. The van der Waals surface area contributed by atoms with E-state index < -0.39 is 0 Å². The number of hydrogen-bond donors (Lipinski definition) is 3. The summed E-state index contributed by atoms with van der Waals surface area (Å²) in [6, 6.07) is 15.0. The van der Waals surface area contributed by atoms with Crippen LogP contribution in [0.1, 0.15) is 11.7 Å². The summed E-state index contributed by atoms with van der Waals surface area (Å²) >= 11 is 0. The molecule has 0 saturated carbocycles. The lowest BCUT2D eigenvalue weighted by Gasteiger charge is -2.09. The van der Waals surface area contributed by atoms with Crippen LogP contribution in [0.2, 0.25) is 0 Å². The molecule has 26 heavy (non-hydrogen) atoms. The second-order valence-electron chi connectivity index (χ2n) is 5.78. The summed E-state index contributed by atoms with van der Waals surface area (Å²) in [5.41, 5.74) is 14.8. The van der Waals surface area contributed by atoms with Crippen LogP contribution in [-0.4, -0.2) is 31.1 Å². The molecule has 0 saturated heterocycles. The van der Waals surface area contributed by atoms with Gasteiger partial charge in [0.1, 0.15) is 0 Å². The maximum absolute atomic E-state index is 5.99. The second kappa shape index (κ2) is 6.87. The highest BCUT2D eigenvalue weighted by Crippen LogP contribution is 2.21. The predicted octanol–water partition coefficient (Wildman–Crippen LogP) is 1.89. The Morgan fingerprint density at radius 2 is 1.85 bits per heavy atom. The van der Waals surface area contributed by atoms with E-state index in [2.05, 4.69) is 25.4 Å². The third-order valence-electron chi connectivity index (χ3n) is 3.96. The van der Waals surface area contributed by atoms with Gasteiger partial charge in [-0.15, -0.1) is 5.10 Å². The molecule has 0 radical (unpaired) electrons. The van der Waals surface area contributed by atoms with Gasteiger partial charge in [0.05, 0.1) is 11.7 Å². The summed E-state index contributed by atoms with van der Waals surface area (Å²) in [5.74, 6) is 1.15. The van der Waals surface area contributed by atoms with E-state index in [4.69, 9.17) is 11.5 Å². The molecule has 3 aromatic heterocycles. The summed E-state index contributed by atoms with van der Waals surface area (Å²) < 4.78 is 1.69. The number of fused-ring (bicyclic) bond motifs is 1. The molecule has 3 heterocycles. The van der Waals surface area contributed by atoms with Gasteiger partial charge in [-0.1, -0.05) is 18.2 Å². The average molecular weight is 346 g/mol. The van der Waals surface area contributed by atoms with Gasteiger partial charge in [0.15, 0.2) is 11.5 Å². The Labute approximate surface area is 149 Å². The number of pyridine rings is 1. The molecule has 1 unspecified atom stereocenters. The molecule has 0 amide bonds. The van der Waals surface area contributed by atoms with Gasteiger partial charge in [-0.25, -0.2) is 4.98 Å². The Morgan fingerprint density at radius 3 is 2.65 bits per heavy atom. The first-order chi connectivity index (χ1) is 12.7. The highest BCUT2D eigenvalue weighted by molar-refractivity contribution is 5.61.